The lowest BCUT2D eigenvalue weighted by molar-refractivity contribution is -0.180. The minimum absolute atomic E-state index is 0.0610. The van der Waals surface area contributed by atoms with Crippen LogP contribution in [0.5, 0.6) is 17.2 Å². The van der Waals surface area contributed by atoms with Gasteiger partial charge < -0.3 is 9.47 Å². The Balaban J connectivity index is 1.93. The molecule has 0 saturated carbocycles. The van der Waals surface area contributed by atoms with Crippen LogP contribution in [-0.2, 0) is 0 Å². The van der Waals surface area contributed by atoms with Gasteiger partial charge >= 0.3 is 6.18 Å². The molecular formula is C17H11Cl2F3O2. The highest BCUT2D eigenvalue weighted by Crippen LogP contribution is 2.40. The van der Waals surface area contributed by atoms with Crippen molar-refractivity contribution in [2.45, 2.75) is 19.2 Å². The second kappa shape index (κ2) is 6.22. The van der Waals surface area contributed by atoms with Crippen LogP contribution in [0.4, 0.5) is 13.2 Å². The molecule has 2 aromatic carbocycles. The molecule has 0 spiro atoms. The summed E-state index contributed by atoms with van der Waals surface area (Å²) in [6, 6.07) is 7.87. The van der Waals surface area contributed by atoms with Crippen molar-refractivity contribution in [3.63, 3.8) is 0 Å². The molecule has 1 atom stereocenters. The third-order valence-electron chi connectivity index (χ3n) is 3.45. The predicted molar refractivity (Wildman–Crippen MR) is 87.2 cm³/mol. The summed E-state index contributed by atoms with van der Waals surface area (Å²) in [5.74, 6) is 0.767. The summed E-state index contributed by atoms with van der Waals surface area (Å²) in [6.07, 6.45) is -4.19. The lowest BCUT2D eigenvalue weighted by Gasteiger charge is -2.24. The van der Waals surface area contributed by atoms with Crippen LogP contribution >= 0.6 is 23.2 Å². The normalized spacial score (nSPS) is 16.5. The van der Waals surface area contributed by atoms with E-state index >= 15 is 0 Å². The van der Waals surface area contributed by atoms with E-state index < -0.39 is 12.3 Å². The zero-order chi connectivity index (χ0) is 17.5. The zero-order valence-electron chi connectivity index (χ0n) is 12.3. The van der Waals surface area contributed by atoms with Crippen LogP contribution in [0.15, 0.2) is 36.4 Å². The Morgan fingerprint density at radius 2 is 1.83 bits per heavy atom. The molecule has 126 valence electrons. The summed E-state index contributed by atoms with van der Waals surface area (Å²) in [4.78, 5) is 0. The van der Waals surface area contributed by atoms with Gasteiger partial charge in [-0.25, -0.2) is 0 Å². The van der Waals surface area contributed by atoms with Crippen molar-refractivity contribution in [3.05, 3.63) is 57.6 Å². The SMILES string of the molecule is Cc1cc(Cl)ccc1Oc1cc2c(cc1Cl)C=C[C@H](C(F)(F)F)O2. The van der Waals surface area contributed by atoms with Crippen LogP contribution in [0.25, 0.3) is 6.08 Å². The molecule has 0 aromatic heterocycles. The molecule has 0 aliphatic carbocycles. The summed E-state index contributed by atoms with van der Waals surface area (Å²) in [6.45, 7) is 1.80. The van der Waals surface area contributed by atoms with Crippen molar-refractivity contribution < 1.29 is 22.6 Å². The number of benzene rings is 2. The molecule has 0 saturated heterocycles. The Morgan fingerprint density at radius 1 is 1.08 bits per heavy atom. The fourth-order valence-corrected chi connectivity index (χ4v) is 2.69. The number of hydrogen-bond donors (Lipinski definition) is 0. The largest absolute Gasteiger partial charge is 0.476 e. The lowest BCUT2D eigenvalue weighted by Crippen LogP contribution is -2.33. The molecule has 0 N–H and O–H groups in total. The first-order valence-corrected chi connectivity index (χ1v) is 7.69. The van der Waals surface area contributed by atoms with Crippen LogP contribution in [0.3, 0.4) is 0 Å². The highest BCUT2D eigenvalue weighted by atomic mass is 35.5. The molecule has 0 fully saturated rings. The Hall–Kier alpha value is -1.85. The van der Waals surface area contributed by atoms with Gasteiger partial charge in [-0.2, -0.15) is 13.2 Å². The van der Waals surface area contributed by atoms with E-state index in [1.54, 1.807) is 25.1 Å². The van der Waals surface area contributed by atoms with E-state index in [2.05, 4.69) is 0 Å². The molecule has 7 heteroatoms. The van der Waals surface area contributed by atoms with Gasteiger partial charge in [-0.1, -0.05) is 29.3 Å². The first kappa shape index (κ1) is 17.0. The van der Waals surface area contributed by atoms with E-state index in [9.17, 15) is 13.2 Å². The molecule has 0 radical (unpaired) electrons. The summed E-state index contributed by atoms with van der Waals surface area (Å²) in [7, 11) is 0. The van der Waals surface area contributed by atoms with Crippen molar-refractivity contribution in [1.82, 2.24) is 0 Å². The van der Waals surface area contributed by atoms with Gasteiger partial charge in [-0.15, -0.1) is 0 Å². The van der Waals surface area contributed by atoms with Gasteiger partial charge in [-0.05, 0) is 42.8 Å². The van der Waals surface area contributed by atoms with E-state index in [1.165, 1.54) is 18.2 Å². The minimum Gasteiger partial charge on any atom is -0.476 e. The second-order valence-electron chi connectivity index (χ2n) is 5.27. The summed E-state index contributed by atoms with van der Waals surface area (Å²) >= 11 is 12.0. The van der Waals surface area contributed by atoms with Crippen LogP contribution in [0.1, 0.15) is 11.1 Å². The molecule has 1 aliphatic rings. The Morgan fingerprint density at radius 3 is 2.50 bits per heavy atom. The fourth-order valence-electron chi connectivity index (χ4n) is 2.25. The third-order valence-corrected chi connectivity index (χ3v) is 3.98. The average molecular weight is 375 g/mol. The molecule has 2 nitrogen and oxygen atoms in total. The maximum atomic E-state index is 12.8. The second-order valence-corrected chi connectivity index (χ2v) is 6.12. The van der Waals surface area contributed by atoms with Crippen molar-refractivity contribution in [2.24, 2.45) is 0 Å². The number of rotatable bonds is 2. The first-order chi connectivity index (χ1) is 11.2. The number of alkyl halides is 3. The number of hydrogen-bond acceptors (Lipinski definition) is 2. The van der Waals surface area contributed by atoms with Gasteiger partial charge in [0.2, 0.25) is 6.10 Å². The average Bonchev–Trinajstić information content (AvgIpc) is 2.49. The third kappa shape index (κ3) is 3.47. The standard InChI is InChI=1S/C17H11Cl2F3O2/c1-9-6-11(18)3-4-13(9)23-15-8-14-10(7-12(15)19)2-5-16(24-14)17(20,21)22/h2-8,16H,1H3/t16-/m1/s1. The quantitative estimate of drug-likeness (QED) is 0.602. The smallest absolute Gasteiger partial charge is 0.429 e. The lowest BCUT2D eigenvalue weighted by atomic mass is 10.1. The van der Waals surface area contributed by atoms with E-state index in [0.717, 1.165) is 11.6 Å². The first-order valence-electron chi connectivity index (χ1n) is 6.93. The van der Waals surface area contributed by atoms with E-state index in [-0.39, 0.29) is 16.5 Å². The van der Waals surface area contributed by atoms with Crippen LogP contribution in [-0.4, -0.2) is 12.3 Å². The van der Waals surface area contributed by atoms with E-state index in [4.69, 9.17) is 32.7 Å². The van der Waals surface area contributed by atoms with Crippen molar-refractivity contribution in [1.29, 1.82) is 0 Å². The highest BCUT2D eigenvalue weighted by molar-refractivity contribution is 6.32. The van der Waals surface area contributed by atoms with Gasteiger partial charge in [0, 0.05) is 16.7 Å². The minimum atomic E-state index is -4.48. The van der Waals surface area contributed by atoms with Gasteiger partial charge in [0.15, 0.2) is 0 Å². The van der Waals surface area contributed by atoms with Crippen molar-refractivity contribution >= 4 is 29.3 Å². The summed E-state index contributed by atoms with van der Waals surface area (Å²) in [5, 5.41) is 0.819. The zero-order valence-corrected chi connectivity index (χ0v) is 13.8. The van der Waals surface area contributed by atoms with Crippen LogP contribution < -0.4 is 9.47 Å². The Labute approximate surface area is 146 Å². The molecule has 2 aromatic rings. The van der Waals surface area contributed by atoms with Crippen molar-refractivity contribution in [3.8, 4) is 17.2 Å². The van der Waals surface area contributed by atoms with Crippen molar-refractivity contribution in [2.75, 3.05) is 0 Å². The topological polar surface area (TPSA) is 18.5 Å². The maximum Gasteiger partial charge on any atom is 0.429 e. The molecule has 0 bridgehead atoms. The molecule has 3 rings (SSSR count). The van der Waals surface area contributed by atoms with Gasteiger partial charge in [0.05, 0.1) is 5.02 Å². The molecule has 0 unspecified atom stereocenters. The molecule has 24 heavy (non-hydrogen) atoms. The Kier molecular flexibility index (Phi) is 4.40. The number of halogens is 5. The molecule has 1 aliphatic heterocycles. The van der Waals surface area contributed by atoms with Gasteiger partial charge in [0.1, 0.15) is 17.2 Å². The van der Waals surface area contributed by atoms with Gasteiger partial charge in [-0.3, -0.25) is 0 Å². The number of aryl methyl sites for hydroxylation is 1. The van der Waals surface area contributed by atoms with Gasteiger partial charge in [0.25, 0.3) is 0 Å². The fraction of sp³-hybridized carbons (Fsp3) is 0.176. The number of ether oxygens (including phenoxy) is 2. The highest BCUT2D eigenvalue weighted by Gasteiger charge is 2.41. The van der Waals surface area contributed by atoms with E-state index in [1.807, 2.05) is 0 Å². The summed E-state index contributed by atoms with van der Waals surface area (Å²) in [5.41, 5.74) is 1.23. The molecule has 0 amide bonds. The predicted octanol–water partition coefficient (Wildman–Crippen LogP) is 6.43. The van der Waals surface area contributed by atoms with E-state index in [0.29, 0.717) is 16.3 Å². The molecular weight excluding hydrogens is 364 g/mol. The summed E-state index contributed by atoms with van der Waals surface area (Å²) < 4.78 is 49.1. The maximum absolute atomic E-state index is 12.8. The van der Waals surface area contributed by atoms with Crippen LogP contribution in [0.2, 0.25) is 10.0 Å². The monoisotopic (exact) mass is 374 g/mol. The Bertz CT molecular complexity index is 816. The molecule has 1 heterocycles. The van der Waals surface area contributed by atoms with Crippen LogP contribution in [0, 0.1) is 6.92 Å². The number of fused-ring (bicyclic) bond motifs is 1.